The molecule has 1 aliphatic carbocycles. The Morgan fingerprint density at radius 2 is 1.67 bits per heavy atom. The van der Waals surface area contributed by atoms with Gasteiger partial charge in [-0.05, 0) is 29.2 Å². The highest BCUT2D eigenvalue weighted by molar-refractivity contribution is 5.70. The second kappa shape index (κ2) is 4.53. The fourth-order valence-electron chi connectivity index (χ4n) is 2.24. The number of allylic oxidation sites excluding steroid dienone is 2. The van der Waals surface area contributed by atoms with Gasteiger partial charge in [0.05, 0.1) is 0 Å². The lowest BCUT2D eigenvalue weighted by Gasteiger charge is -1.98. The van der Waals surface area contributed by atoms with Gasteiger partial charge in [0, 0.05) is 5.56 Å². The van der Waals surface area contributed by atoms with Crippen LogP contribution in [0, 0.1) is 0 Å². The maximum absolute atomic E-state index is 9.69. The first kappa shape index (κ1) is 10.8. The molecule has 0 amide bonds. The van der Waals surface area contributed by atoms with Crippen LogP contribution in [0.5, 0.6) is 5.75 Å². The summed E-state index contributed by atoms with van der Waals surface area (Å²) < 4.78 is 0. The minimum atomic E-state index is 0.324. The third kappa shape index (κ3) is 2.07. The first-order valence-corrected chi connectivity index (χ1v) is 6.07. The Labute approximate surface area is 107 Å². The fourth-order valence-corrected chi connectivity index (χ4v) is 2.24. The lowest BCUT2D eigenvalue weighted by atomic mass is 10.1. The molecule has 0 atom stereocenters. The first-order valence-electron chi connectivity index (χ1n) is 6.07. The molecule has 88 valence electrons. The molecule has 0 unspecified atom stereocenters. The monoisotopic (exact) mass is 234 g/mol. The molecule has 1 N–H and O–H groups in total. The highest BCUT2D eigenvalue weighted by atomic mass is 16.3. The van der Waals surface area contributed by atoms with Crippen molar-refractivity contribution in [2.24, 2.45) is 0 Å². The maximum atomic E-state index is 9.69. The summed E-state index contributed by atoms with van der Waals surface area (Å²) in [7, 11) is 0. The smallest absolute Gasteiger partial charge is 0.122 e. The Morgan fingerprint density at radius 1 is 0.889 bits per heavy atom. The number of phenolic OH excluding ortho intramolecular Hbond substituents is 1. The van der Waals surface area contributed by atoms with Crippen LogP contribution < -0.4 is 0 Å². The first-order chi connectivity index (χ1) is 8.83. The zero-order valence-corrected chi connectivity index (χ0v) is 10.0. The molecular weight excluding hydrogens is 220 g/mol. The van der Waals surface area contributed by atoms with Crippen molar-refractivity contribution >= 4 is 12.2 Å². The number of fused-ring (bicyclic) bond motifs is 1. The minimum Gasteiger partial charge on any atom is -0.507 e. The highest BCUT2D eigenvalue weighted by Crippen LogP contribution is 2.26. The molecule has 0 spiro atoms. The number of para-hydroxylation sites is 1. The van der Waals surface area contributed by atoms with Gasteiger partial charge < -0.3 is 5.11 Å². The summed E-state index contributed by atoms with van der Waals surface area (Å²) in [6.45, 7) is 0. The standard InChI is InChI=1S/C17H14O/c18-17-8-4-3-5-14(17)10-9-13-11-15-6-1-2-7-16(15)12-13/h1-11,18H,12H2/b10-9+. The number of benzene rings is 2. The van der Waals surface area contributed by atoms with Crippen LogP contribution >= 0.6 is 0 Å². The molecule has 0 heterocycles. The van der Waals surface area contributed by atoms with Crippen LogP contribution in [0.1, 0.15) is 16.7 Å². The number of aromatic hydroxyl groups is 1. The van der Waals surface area contributed by atoms with Crippen molar-refractivity contribution in [3.05, 3.63) is 76.9 Å². The van der Waals surface area contributed by atoms with Crippen molar-refractivity contribution in [2.75, 3.05) is 0 Å². The second-order valence-electron chi connectivity index (χ2n) is 4.49. The van der Waals surface area contributed by atoms with E-state index in [-0.39, 0.29) is 0 Å². The normalized spacial score (nSPS) is 13.7. The molecule has 0 aromatic heterocycles. The maximum Gasteiger partial charge on any atom is 0.122 e. The lowest BCUT2D eigenvalue weighted by molar-refractivity contribution is 0.474. The minimum absolute atomic E-state index is 0.324. The van der Waals surface area contributed by atoms with Crippen molar-refractivity contribution in [1.29, 1.82) is 0 Å². The van der Waals surface area contributed by atoms with Gasteiger partial charge in [-0.15, -0.1) is 0 Å². The van der Waals surface area contributed by atoms with Gasteiger partial charge in [-0.2, -0.15) is 0 Å². The van der Waals surface area contributed by atoms with Crippen LogP contribution in [0.25, 0.3) is 12.2 Å². The second-order valence-corrected chi connectivity index (χ2v) is 4.49. The third-order valence-corrected chi connectivity index (χ3v) is 3.20. The Bertz CT molecular complexity index is 636. The van der Waals surface area contributed by atoms with Crippen LogP contribution in [0.15, 0.2) is 60.2 Å². The summed E-state index contributed by atoms with van der Waals surface area (Å²) in [5.74, 6) is 0.324. The summed E-state index contributed by atoms with van der Waals surface area (Å²) in [6.07, 6.45) is 7.22. The van der Waals surface area contributed by atoms with Gasteiger partial charge in [0.15, 0.2) is 0 Å². The molecule has 1 nitrogen and oxygen atoms in total. The van der Waals surface area contributed by atoms with E-state index in [4.69, 9.17) is 0 Å². The average molecular weight is 234 g/mol. The predicted octanol–water partition coefficient (Wildman–Crippen LogP) is 4.05. The van der Waals surface area contributed by atoms with Gasteiger partial charge in [0.1, 0.15) is 5.75 Å². The van der Waals surface area contributed by atoms with Crippen LogP contribution in [0.3, 0.4) is 0 Å². The zero-order chi connectivity index (χ0) is 12.4. The fraction of sp³-hybridized carbons (Fsp3) is 0.0588. The van der Waals surface area contributed by atoms with Gasteiger partial charge >= 0.3 is 0 Å². The van der Waals surface area contributed by atoms with Gasteiger partial charge in [0.25, 0.3) is 0 Å². The van der Waals surface area contributed by atoms with E-state index in [0.29, 0.717) is 5.75 Å². The van der Waals surface area contributed by atoms with E-state index in [1.165, 1.54) is 16.7 Å². The number of hydrogen-bond donors (Lipinski definition) is 1. The molecule has 2 aromatic rings. The van der Waals surface area contributed by atoms with Crippen molar-refractivity contribution in [3.63, 3.8) is 0 Å². The summed E-state index contributed by atoms with van der Waals surface area (Å²) in [4.78, 5) is 0. The highest BCUT2D eigenvalue weighted by Gasteiger charge is 2.09. The van der Waals surface area contributed by atoms with Crippen LogP contribution in [-0.4, -0.2) is 5.11 Å². The average Bonchev–Trinajstić information content (AvgIpc) is 2.80. The third-order valence-electron chi connectivity index (χ3n) is 3.20. The Kier molecular flexibility index (Phi) is 2.73. The van der Waals surface area contributed by atoms with Crippen LogP contribution in [0.2, 0.25) is 0 Å². The molecule has 3 rings (SSSR count). The quantitative estimate of drug-likeness (QED) is 0.831. The Morgan fingerprint density at radius 3 is 2.50 bits per heavy atom. The zero-order valence-electron chi connectivity index (χ0n) is 10.0. The molecule has 0 aliphatic heterocycles. The SMILES string of the molecule is Oc1ccccc1/C=C/C1=Cc2ccccc2C1. The largest absolute Gasteiger partial charge is 0.507 e. The van der Waals surface area contributed by atoms with Crippen LogP contribution in [-0.2, 0) is 6.42 Å². The summed E-state index contributed by atoms with van der Waals surface area (Å²) in [5, 5.41) is 9.69. The van der Waals surface area contributed by atoms with E-state index < -0.39 is 0 Å². The van der Waals surface area contributed by atoms with Crippen molar-refractivity contribution in [3.8, 4) is 5.75 Å². The van der Waals surface area contributed by atoms with E-state index in [1.807, 2.05) is 24.3 Å². The number of rotatable bonds is 2. The molecular formula is C17H14O. The Hall–Kier alpha value is -2.28. The molecule has 0 fully saturated rings. The van der Waals surface area contributed by atoms with Gasteiger partial charge in [-0.3, -0.25) is 0 Å². The number of phenols is 1. The van der Waals surface area contributed by atoms with E-state index in [2.05, 4.69) is 36.4 Å². The van der Waals surface area contributed by atoms with E-state index in [1.54, 1.807) is 6.07 Å². The van der Waals surface area contributed by atoms with E-state index >= 15 is 0 Å². The summed E-state index contributed by atoms with van der Waals surface area (Å²) in [5.41, 5.74) is 4.80. The summed E-state index contributed by atoms with van der Waals surface area (Å²) >= 11 is 0. The molecule has 0 saturated heterocycles. The van der Waals surface area contributed by atoms with Crippen molar-refractivity contribution < 1.29 is 5.11 Å². The molecule has 0 radical (unpaired) electrons. The van der Waals surface area contributed by atoms with Gasteiger partial charge in [-0.1, -0.05) is 60.7 Å². The molecule has 1 aliphatic rings. The van der Waals surface area contributed by atoms with Crippen molar-refractivity contribution in [1.82, 2.24) is 0 Å². The molecule has 2 aromatic carbocycles. The predicted molar refractivity (Wildman–Crippen MR) is 75.3 cm³/mol. The van der Waals surface area contributed by atoms with Crippen molar-refractivity contribution in [2.45, 2.75) is 6.42 Å². The van der Waals surface area contributed by atoms with Gasteiger partial charge in [0.2, 0.25) is 0 Å². The van der Waals surface area contributed by atoms with Gasteiger partial charge in [-0.25, -0.2) is 0 Å². The molecule has 1 heteroatoms. The Balaban J connectivity index is 1.82. The summed E-state index contributed by atoms with van der Waals surface area (Å²) in [6, 6.07) is 15.8. The lowest BCUT2D eigenvalue weighted by Crippen LogP contribution is -1.81. The molecule has 18 heavy (non-hydrogen) atoms. The number of hydrogen-bond acceptors (Lipinski definition) is 1. The van der Waals surface area contributed by atoms with Crippen LogP contribution in [0.4, 0.5) is 0 Å². The molecule has 0 saturated carbocycles. The molecule has 0 bridgehead atoms. The van der Waals surface area contributed by atoms with E-state index in [0.717, 1.165) is 12.0 Å². The topological polar surface area (TPSA) is 20.2 Å². The van der Waals surface area contributed by atoms with E-state index in [9.17, 15) is 5.11 Å².